The molecule has 0 saturated heterocycles. The van der Waals surface area contributed by atoms with Crippen LogP contribution in [-0.4, -0.2) is 4.57 Å². The van der Waals surface area contributed by atoms with E-state index in [2.05, 4.69) is 96.4 Å². The van der Waals surface area contributed by atoms with Gasteiger partial charge in [-0.05, 0) is 85.3 Å². The van der Waals surface area contributed by atoms with Crippen LogP contribution in [-0.2, 0) is 24.2 Å². The fourth-order valence-corrected chi connectivity index (χ4v) is 6.83. The van der Waals surface area contributed by atoms with Crippen molar-refractivity contribution in [3.63, 3.8) is 0 Å². The van der Waals surface area contributed by atoms with Crippen LogP contribution in [0, 0.1) is 6.92 Å². The predicted octanol–water partition coefficient (Wildman–Crippen LogP) is 10.3. The lowest BCUT2D eigenvalue weighted by atomic mass is 9.95. The van der Waals surface area contributed by atoms with E-state index in [1.165, 1.54) is 38.5 Å². The highest BCUT2D eigenvalue weighted by atomic mass is 16.5. The minimum atomic E-state index is 0.446. The van der Waals surface area contributed by atoms with Crippen molar-refractivity contribution in [3.05, 3.63) is 161 Å². The highest BCUT2D eigenvalue weighted by molar-refractivity contribution is 6.10. The summed E-state index contributed by atoms with van der Waals surface area (Å²) < 4.78 is 15.0. The van der Waals surface area contributed by atoms with Crippen LogP contribution in [0.15, 0.2) is 131 Å². The molecule has 0 aliphatic heterocycles. The van der Waals surface area contributed by atoms with Crippen molar-refractivity contribution >= 4 is 44.6 Å². The normalized spacial score (nSPS) is 13.8. The van der Waals surface area contributed by atoms with Gasteiger partial charge in [0.05, 0.1) is 22.3 Å². The molecule has 46 heavy (non-hydrogen) atoms. The van der Waals surface area contributed by atoms with E-state index in [0.717, 1.165) is 70.7 Å². The second kappa shape index (κ2) is 11.8. The van der Waals surface area contributed by atoms with Crippen LogP contribution in [0.2, 0.25) is 0 Å². The summed E-state index contributed by atoms with van der Waals surface area (Å²) in [5.41, 5.74) is 17.9. The largest absolute Gasteiger partial charge is 0.486 e. The lowest BCUT2D eigenvalue weighted by Crippen LogP contribution is -2.12. The summed E-state index contributed by atoms with van der Waals surface area (Å²) in [5, 5.41) is 3.66. The van der Waals surface area contributed by atoms with E-state index in [9.17, 15) is 0 Å². The number of ether oxygens (including phenoxy) is 1. The number of nitrogens with zero attached hydrogens (tertiary/aromatic N) is 1. The molecule has 0 bridgehead atoms. The molecular formula is C42H36N2O2. The fourth-order valence-electron chi connectivity index (χ4n) is 6.83. The van der Waals surface area contributed by atoms with Gasteiger partial charge in [-0.15, -0.1) is 0 Å². The van der Waals surface area contributed by atoms with Crippen molar-refractivity contribution in [2.45, 2.75) is 39.2 Å². The highest BCUT2D eigenvalue weighted by Gasteiger charge is 2.26. The number of hydrogen-bond acceptors (Lipinski definition) is 3. The third-order valence-electron chi connectivity index (χ3n) is 9.11. The monoisotopic (exact) mass is 600 g/mol. The molecule has 9 rings (SSSR count). The molecule has 2 N–H and O–H groups in total. The van der Waals surface area contributed by atoms with Crippen molar-refractivity contribution in [1.29, 1.82) is 0 Å². The average Bonchev–Trinajstić information content (AvgIpc) is 3.63. The van der Waals surface area contributed by atoms with Gasteiger partial charge < -0.3 is 19.5 Å². The minimum absolute atomic E-state index is 0.446. The van der Waals surface area contributed by atoms with Crippen molar-refractivity contribution < 1.29 is 9.15 Å². The summed E-state index contributed by atoms with van der Waals surface area (Å²) in [6.07, 6.45) is 8.28. The lowest BCUT2D eigenvalue weighted by molar-refractivity contribution is 0.258. The second-order valence-corrected chi connectivity index (χ2v) is 12.2. The Balaban J connectivity index is 0.000000470. The van der Waals surface area contributed by atoms with E-state index < -0.39 is 0 Å². The molecule has 0 radical (unpaired) electrons. The molecule has 0 saturated carbocycles. The molecule has 226 valence electrons. The predicted molar refractivity (Wildman–Crippen MR) is 190 cm³/mol. The molecule has 0 fully saturated rings. The molecule has 2 aromatic heterocycles. The number of hydrogen-bond donors (Lipinski definition) is 1. The van der Waals surface area contributed by atoms with Crippen molar-refractivity contribution in [3.8, 4) is 5.69 Å². The molecular weight excluding hydrogens is 564 g/mol. The molecule has 4 nitrogen and oxygen atoms in total. The first-order chi connectivity index (χ1) is 22.6. The summed E-state index contributed by atoms with van der Waals surface area (Å²) in [6.45, 7) is 2.54. The molecule has 2 aliphatic carbocycles. The van der Waals surface area contributed by atoms with Crippen LogP contribution in [0.25, 0.3) is 50.3 Å². The van der Waals surface area contributed by atoms with Crippen LogP contribution in [0.5, 0.6) is 0 Å². The smallest absolute Gasteiger partial charge is 0.149 e. The average molecular weight is 601 g/mol. The molecule has 2 heterocycles. The number of nitrogens with two attached hydrogens (primary N) is 1. The van der Waals surface area contributed by atoms with Gasteiger partial charge in [0.2, 0.25) is 0 Å². The number of rotatable bonds is 4. The van der Waals surface area contributed by atoms with Gasteiger partial charge in [-0.3, -0.25) is 0 Å². The molecule has 0 unspecified atom stereocenters. The topological polar surface area (TPSA) is 53.3 Å². The maximum atomic E-state index is 6.49. The SMILES string of the molecule is Cc1ccc2oc3c(c2c1)C(OCc1ccc(-n2c4ccccc4c4cc5c(cc42)CCC=C5)cc1)=C(N)CC3.c1ccccc1. The zero-order valence-corrected chi connectivity index (χ0v) is 26.0. The van der Waals surface area contributed by atoms with Crippen molar-refractivity contribution in [2.24, 2.45) is 5.73 Å². The zero-order valence-electron chi connectivity index (χ0n) is 26.0. The first-order valence-corrected chi connectivity index (χ1v) is 16.1. The molecule has 0 amide bonds. The Hall–Kier alpha value is -5.48. The quantitative estimate of drug-likeness (QED) is 0.219. The van der Waals surface area contributed by atoms with E-state index in [1.54, 1.807) is 0 Å². The highest BCUT2D eigenvalue weighted by Crippen LogP contribution is 2.39. The van der Waals surface area contributed by atoms with E-state index >= 15 is 0 Å². The van der Waals surface area contributed by atoms with Gasteiger partial charge in [-0.1, -0.05) is 90.5 Å². The van der Waals surface area contributed by atoms with Crippen LogP contribution in [0.3, 0.4) is 0 Å². The van der Waals surface area contributed by atoms with E-state index in [0.29, 0.717) is 6.61 Å². The number of aromatic nitrogens is 1. The first kappa shape index (κ1) is 28.0. The van der Waals surface area contributed by atoms with Gasteiger partial charge in [-0.2, -0.15) is 0 Å². The van der Waals surface area contributed by atoms with Crippen LogP contribution in [0.1, 0.15) is 46.4 Å². The Morgan fingerprint density at radius 3 is 2.33 bits per heavy atom. The Kier molecular flexibility index (Phi) is 7.18. The second-order valence-electron chi connectivity index (χ2n) is 12.2. The number of para-hydroxylation sites is 1. The standard InChI is InChI=1S/C36H30N2O2.C6H6/c1-22-10-16-33-29(18-22)35-34(40-33)17-15-30(37)36(35)39-21-23-11-13-26(14-12-23)38-31-9-5-4-8-27(31)28-19-24-6-2-3-7-25(24)20-32(28)38;1-2-4-6-5-3-1/h2,4-6,8-14,16,18-20H,3,7,15,17,21,37H2,1H3;1-6H. The van der Waals surface area contributed by atoms with Gasteiger partial charge in [-0.25, -0.2) is 0 Å². The van der Waals surface area contributed by atoms with Crippen molar-refractivity contribution in [1.82, 2.24) is 4.57 Å². The summed E-state index contributed by atoms with van der Waals surface area (Å²) in [4.78, 5) is 0. The molecule has 0 atom stereocenters. The number of aryl methyl sites for hydroxylation is 3. The van der Waals surface area contributed by atoms with Crippen molar-refractivity contribution in [2.75, 3.05) is 0 Å². The van der Waals surface area contributed by atoms with Gasteiger partial charge in [0, 0.05) is 28.3 Å². The lowest BCUT2D eigenvalue weighted by Gasteiger charge is -2.19. The fraction of sp³-hybridized carbons (Fsp3) is 0.143. The van der Waals surface area contributed by atoms with Gasteiger partial charge in [0.1, 0.15) is 23.7 Å². The van der Waals surface area contributed by atoms with Crippen LogP contribution >= 0.6 is 0 Å². The van der Waals surface area contributed by atoms with E-state index in [1.807, 2.05) is 42.5 Å². The molecule has 4 heteroatoms. The number of benzene rings is 5. The Morgan fingerprint density at radius 1 is 0.739 bits per heavy atom. The van der Waals surface area contributed by atoms with Crippen LogP contribution in [0.4, 0.5) is 0 Å². The van der Waals surface area contributed by atoms with E-state index in [4.69, 9.17) is 14.9 Å². The minimum Gasteiger partial charge on any atom is -0.486 e. The Morgan fingerprint density at radius 2 is 1.52 bits per heavy atom. The van der Waals surface area contributed by atoms with Gasteiger partial charge in [0.25, 0.3) is 0 Å². The van der Waals surface area contributed by atoms with Gasteiger partial charge >= 0.3 is 0 Å². The summed E-state index contributed by atoms with van der Waals surface area (Å²) in [6, 6.07) is 40.4. The number of furan rings is 1. The van der Waals surface area contributed by atoms with Gasteiger partial charge in [0.15, 0.2) is 0 Å². The summed E-state index contributed by atoms with van der Waals surface area (Å²) in [7, 11) is 0. The molecule has 5 aromatic carbocycles. The zero-order chi connectivity index (χ0) is 31.0. The Bertz CT molecular complexity index is 2240. The van der Waals surface area contributed by atoms with E-state index in [-0.39, 0.29) is 0 Å². The molecule has 2 aliphatic rings. The third kappa shape index (κ3) is 5.06. The molecule has 0 spiro atoms. The third-order valence-corrected chi connectivity index (χ3v) is 9.11. The number of fused-ring (bicyclic) bond motifs is 7. The first-order valence-electron chi connectivity index (χ1n) is 16.1. The Labute approximate surface area is 269 Å². The maximum absolute atomic E-state index is 6.49. The summed E-state index contributed by atoms with van der Waals surface area (Å²) in [5.74, 6) is 1.72. The summed E-state index contributed by atoms with van der Waals surface area (Å²) >= 11 is 0. The van der Waals surface area contributed by atoms with Crippen LogP contribution < -0.4 is 5.73 Å². The number of allylic oxidation sites excluding steroid dienone is 2. The molecule has 7 aromatic rings. The maximum Gasteiger partial charge on any atom is 0.149 e.